The van der Waals surface area contributed by atoms with Crippen LogP contribution >= 0.6 is 0 Å². The van der Waals surface area contributed by atoms with Crippen LogP contribution in [0.3, 0.4) is 0 Å². The van der Waals surface area contributed by atoms with E-state index >= 15 is 0 Å². The molecule has 0 saturated heterocycles. The molecule has 2 aliphatic rings. The van der Waals surface area contributed by atoms with E-state index in [9.17, 15) is 10.2 Å². The van der Waals surface area contributed by atoms with Crippen molar-refractivity contribution in [1.29, 1.82) is 0 Å². The van der Waals surface area contributed by atoms with Crippen molar-refractivity contribution in [3.8, 4) is 0 Å². The maximum absolute atomic E-state index is 11.2. The van der Waals surface area contributed by atoms with E-state index in [2.05, 4.69) is 83.1 Å². The Kier molecular flexibility index (Phi) is 12.5. The molecule has 0 radical (unpaired) electrons. The minimum atomic E-state index is -0.154. The minimum Gasteiger partial charge on any atom is -0.393 e. The number of aliphatic hydroxyl groups is 2. The highest BCUT2D eigenvalue weighted by atomic mass is 16.3. The summed E-state index contributed by atoms with van der Waals surface area (Å²) in [5.41, 5.74) is 0.724. The van der Waals surface area contributed by atoms with Crippen LogP contribution in [0.2, 0.25) is 0 Å². The first kappa shape index (κ1) is 35.1. The third kappa shape index (κ3) is 10.6. The fourth-order valence-electron chi connectivity index (χ4n) is 8.43. The molecular formula is C37H72O2. The van der Waals surface area contributed by atoms with Gasteiger partial charge in [-0.05, 0) is 82.9 Å². The molecule has 0 aromatic carbocycles. The van der Waals surface area contributed by atoms with Crippen molar-refractivity contribution in [2.45, 2.75) is 179 Å². The third-order valence-corrected chi connectivity index (χ3v) is 11.2. The first-order valence-electron chi connectivity index (χ1n) is 17.1. The molecule has 0 aliphatic heterocycles. The van der Waals surface area contributed by atoms with Crippen molar-refractivity contribution in [3.05, 3.63) is 0 Å². The zero-order valence-corrected chi connectivity index (χ0v) is 28.7. The largest absolute Gasteiger partial charge is 0.393 e. The lowest BCUT2D eigenvalue weighted by Gasteiger charge is -2.49. The zero-order chi connectivity index (χ0) is 29.8. The molecule has 0 spiro atoms. The van der Waals surface area contributed by atoms with Crippen molar-refractivity contribution in [3.63, 3.8) is 0 Å². The molecule has 2 saturated carbocycles. The molecular weight excluding hydrogens is 476 g/mol. The van der Waals surface area contributed by atoms with Crippen LogP contribution in [0.15, 0.2) is 0 Å². The second-order valence-electron chi connectivity index (χ2n) is 18.6. The lowest BCUT2D eigenvalue weighted by Crippen LogP contribution is -2.47. The molecule has 0 bridgehead atoms. The van der Waals surface area contributed by atoms with Crippen molar-refractivity contribution in [2.75, 3.05) is 0 Å². The Labute approximate surface area is 245 Å². The van der Waals surface area contributed by atoms with Gasteiger partial charge in [-0.25, -0.2) is 0 Å². The maximum Gasteiger partial charge on any atom is 0.0606 e. The average molecular weight is 549 g/mol. The molecule has 2 N–H and O–H groups in total. The van der Waals surface area contributed by atoms with Gasteiger partial charge in [0, 0.05) is 0 Å². The van der Waals surface area contributed by atoms with Crippen LogP contribution < -0.4 is 0 Å². The monoisotopic (exact) mass is 549 g/mol. The summed E-state index contributed by atoms with van der Waals surface area (Å²) in [7, 11) is 0. The Morgan fingerprint density at radius 1 is 0.385 bits per heavy atom. The quantitative estimate of drug-likeness (QED) is 0.266. The molecule has 39 heavy (non-hydrogen) atoms. The van der Waals surface area contributed by atoms with Gasteiger partial charge >= 0.3 is 0 Å². The Morgan fingerprint density at radius 2 is 0.590 bits per heavy atom. The molecule has 2 aliphatic carbocycles. The molecule has 2 heteroatoms. The number of aliphatic hydroxyl groups excluding tert-OH is 2. The van der Waals surface area contributed by atoms with Crippen LogP contribution in [-0.4, -0.2) is 22.4 Å². The molecule has 232 valence electrons. The minimum absolute atomic E-state index is 0.154. The van der Waals surface area contributed by atoms with Crippen LogP contribution in [0.5, 0.6) is 0 Å². The van der Waals surface area contributed by atoms with Crippen LogP contribution in [-0.2, 0) is 0 Å². The lowest BCUT2D eigenvalue weighted by molar-refractivity contribution is -0.0849. The zero-order valence-electron chi connectivity index (χ0n) is 28.7. The Balaban J connectivity index is 1.69. The smallest absolute Gasteiger partial charge is 0.0606 e. The summed E-state index contributed by atoms with van der Waals surface area (Å²) in [4.78, 5) is 0. The van der Waals surface area contributed by atoms with E-state index in [0.717, 1.165) is 11.8 Å². The Bertz CT molecular complexity index is 589. The third-order valence-electron chi connectivity index (χ3n) is 11.2. The fraction of sp³-hybridized carbons (Fsp3) is 1.00. The second-order valence-corrected chi connectivity index (χ2v) is 18.6. The Hall–Kier alpha value is -0.0800. The molecule has 2 nitrogen and oxygen atoms in total. The van der Waals surface area contributed by atoms with Crippen LogP contribution in [0.25, 0.3) is 0 Å². The van der Waals surface area contributed by atoms with E-state index in [1.807, 2.05) is 0 Å². The highest BCUT2D eigenvalue weighted by Gasteiger charge is 2.47. The molecule has 2 fully saturated rings. The van der Waals surface area contributed by atoms with Gasteiger partial charge in [0.05, 0.1) is 12.2 Å². The van der Waals surface area contributed by atoms with Gasteiger partial charge < -0.3 is 10.2 Å². The maximum atomic E-state index is 11.2. The summed E-state index contributed by atoms with van der Waals surface area (Å²) < 4.78 is 0. The van der Waals surface area contributed by atoms with Crippen LogP contribution in [0.4, 0.5) is 0 Å². The molecule has 4 unspecified atom stereocenters. The lowest BCUT2D eigenvalue weighted by atomic mass is 9.58. The van der Waals surface area contributed by atoms with E-state index in [-0.39, 0.29) is 33.9 Å². The van der Waals surface area contributed by atoms with E-state index in [1.165, 1.54) is 83.5 Å². The highest BCUT2D eigenvalue weighted by Crippen LogP contribution is 2.50. The normalized spacial score (nSPS) is 33.4. The van der Waals surface area contributed by atoms with E-state index in [4.69, 9.17) is 0 Å². The summed E-state index contributed by atoms with van der Waals surface area (Å²) in [6.45, 7) is 27.9. The highest BCUT2D eigenvalue weighted by molar-refractivity contribution is 4.96. The molecule has 0 heterocycles. The standard InChI is InChI=1S/C37H72O2/c1-34(2,3)28-22-26(23-29(32(28)38)35(4,5)6)20-18-16-14-13-15-17-19-21-27-24-30(36(7,8)9)33(39)31(25-27)37(10,11)12/h26-33,38-39H,13-25H2,1-12H3. The first-order valence-corrected chi connectivity index (χ1v) is 17.1. The van der Waals surface area contributed by atoms with Gasteiger partial charge in [0.25, 0.3) is 0 Å². The molecule has 0 aromatic heterocycles. The number of rotatable bonds is 10. The van der Waals surface area contributed by atoms with Crippen molar-refractivity contribution in [2.24, 2.45) is 57.2 Å². The van der Waals surface area contributed by atoms with Gasteiger partial charge in [-0.1, -0.05) is 141 Å². The van der Waals surface area contributed by atoms with Gasteiger partial charge in [0.2, 0.25) is 0 Å². The molecule has 4 atom stereocenters. The van der Waals surface area contributed by atoms with Gasteiger partial charge in [-0.15, -0.1) is 0 Å². The Morgan fingerprint density at radius 3 is 0.795 bits per heavy atom. The molecule has 0 amide bonds. The topological polar surface area (TPSA) is 40.5 Å². The van der Waals surface area contributed by atoms with Crippen LogP contribution in [0.1, 0.15) is 167 Å². The van der Waals surface area contributed by atoms with E-state index in [1.54, 1.807) is 0 Å². The average Bonchev–Trinajstić information content (AvgIpc) is 2.76. The van der Waals surface area contributed by atoms with Crippen molar-refractivity contribution < 1.29 is 10.2 Å². The van der Waals surface area contributed by atoms with Gasteiger partial charge in [0.15, 0.2) is 0 Å². The number of hydrogen-bond acceptors (Lipinski definition) is 2. The molecule has 0 aromatic rings. The van der Waals surface area contributed by atoms with Crippen LogP contribution in [0, 0.1) is 57.2 Å². The first-order chi connectivity index (χ1) is 17.7. The van der Waals surface area contributed by atoms with Crippen molar-refractivity contribution >= 4 is 0 Å². The second kappa shape index (κ2) is 13.9. The van der Waals surface area contributed by atoms with E-state index in [0.29, 0.717) is 23.7 Å². The predicted octanol–water partition coefficient (Wildman–Crippen LogP) is 10.7. The van der Waals surface area contributed by atoms with Gasteiger partial charge in [0.1, 0.15) is 0 Å². The van der Waals surface area contributed by atoms with Gasteiger partial charge in [-0.2, -0.15) is 0 Å². The molecule has 2 rings (SSSR count). The fourth-order valence-corrected chi connectivity index (χ4v) is 8.43. The summed E-state index contributed by atoms with van der Waals surface area (Å²) in [6, 6.07) is 0. The SMILES string of the molecule is CC(C)(C)C1CC(CCCCCCCCCC2CC(C(C)(C)C)C(O)C(C(C)(C)C)C2)CC(C(C)(C)C)C1O. The summed E-state index contributed by atoms with van der Waals surface area (Å²) in [6.07, 6.45) is 16.9. The van der Waals surface area contributed by atoms with Crippen molar-refractivity contribution in [1.82, 2.24) is 0 Å². The number of hydrogen-bond donors (Lipinski definition) is 2. The number of unbranched alkanes of at least 4 members (excludes halogenated alkanes) is 6. The summed E-state index contributed by atoms with van der Waals surface area (Å²) >= 11 is 0. The summed E-state index contributed by atoms with van der Waals surface area (Å²) in [5, 5.41) is 22.4. The van der Waals surface area contributed by atoms with E-state index < -0.39 is 0 Å². The summed E-state index contributed by atoms with van der Waals surface area (Å²) in [5.74, 6) is 3.25. The van der Waals surface area contributed by atoms with Gasteiger partial charge in [-0.3, -0.25) is 0 Å². The predicted molar refractivity (Wildman–Crippen MR) is 171 cm³/mol.